The summed E-state index contributed by atoms with van der Waals surface area (Å²) in [5, 5.41) is 0.983. The van der Waals surface area contributed by atoms with Crippen LogP contribution in [0.1, 0.15) is 11.1 Å². The van der Waals surface area contributed by atoms with E-state index in [-0.39, 0.29) is 10.8 Å². The topological polar surface area (TPSA) is 6.48 Å². The first-order valence-corrected chi connectivity index (χ1v) is 8.49. The smallest absolute Gasteiger partial charge is 0.141 e. The fourth-order valence-corrected chi connectivity index (χ4v) is 3.31. The predicted octanol–water partition coefficient (Wildman–Crippen LogP) is 4.45. The summed E-state index contributed by atoms with van der Waals surface area (Å²) in [6.45, 7) is 5.76. The lowest BCUT2D eigenvalue weighted by Crippen LogP contribution is -2.45. The van der Waals surface area contributed by atoms with E-state index in [0.717, 1.165) is 49.9 Å². The minimum Gasteiger partial charge on any atom is -0.297 e. The van der Waals surface area contributed by atoms with E-state index < -0.39 is 0 Å². The number of nitrogens with zero attached hydrogens (tertiary/aromatic N) is 2. The quantitative estimate of drug-likeness (QED) is 0.801. The molecular formula is C18H19Cl2FN2. The van der Waals surface area contributed by atoms with E-state index in [2.05, 4.69) is 15.9 Å². The van der Waals surface area contributed by atoms with Crippen LogP contribution in [-0.2, 0) is 13.1 Å². The Balaban J connectivity index is 1.51. The maximum atomic E-state index is 13.2. The fraction of sp³-hybridized carbons (Fsp3) is 0.333. The third kappa shape index (κ3) is 4.67. The summed E-state index contributed by atoms with van der Waals surface area (Å²) in [7, 11) is 0. The molecule has 2 aromatic carbocycles. The van der Waals surface area contributed by atoms with Gasteiger partial charge in [-0.1, -0.05) is 41.4 Å². The number of halogens is 3. The Labute approximate surface area is 146 Å². The summed E-state index contributed by atoms with van der Waals surface area (Å²) in [6, 6.07) is 13.0. The van der Waals surface area contributed by atoms with Crippen molar-refractivity contribution < 1.29 is 4.39 Å². The van der Waals surface area contributed by atoms with Crippen molar-refractivity contribution in [2.75, 3.05) is 26.2 Å². The lowest BCUT2D eigenvalue weighted by atomic mass is 10.1. The zero-order chi connectivity index (χ0) is 16.2. The zero-order valence-corrected chi connectivity index (χ0v) is 14.3. The second-order valence-corrected chi connectivity index (χ2v) is 6.77. The molecule has 1 saturated heterocycles. The van der Waals surface area contributed by atoms with Crippen LogP contribution in [0.25, 0.3) is 0 Å². The Hall–Kier alpha value is -1.13. The van der Waals surface area contributed by atoms with E-state index in [0.29, 0.717) is 0 Å². The zero-order valence-electron chi connectivity index (χ0n) is 12.8. The highest BCUT2D eigenvalue weighted by Gasteiger charge is 2.17. The number of piperazine rings is 1. The van der Waals surface area contributed by atoms with Crippen LogP contribution in [0.5, 0.6) is 0 Å². The average molecular weight is 353 g/mol. The van der Waals surface area contributed by atoms with Crippen molar-refractivity contribution in [3.8, 4) is 0 Å². The SMILES string of the molecule is Fc1ccc(CN2CCN(Cc3cccc(Cl)c3)CC2)cc1Cl. The van der Waals surface area contributed by atoms with Crippen LogP contribution in [0.3, 0.4) is 0 Å². The van der Waals surface area contributed by atoms with Gasteiger partial charge in [0.1, 0.15) is 5.82 Å². The first kappa shape index (κ1) is 16.7. The molecule has 1 heterocycles. The van der Waals surface area contributed by atoms with E-state index in [1.165, 1.54) is 11.6 Å². The predicted molar refractivity (Wildman–Crippen MR) is 93.4 cm³/mol. The second kappa shape index (κ2) is 7.63. The van der Waals surface area contributed by atoms with E-state index in [1.54, 1.807) is 12.1 Å². The molecule has 0 amide bonds. The molecule has 0 bridgehead atoms. The summed E-state index contributed by atoms with van der Waals surface area (Å²) in [6.07, 6.45) is 0. The largest absolute Gasteiger partial charge is 0.297 e. The lowest BCUT2D eigenvalue weighted by Gasteiger charge is -2.34. The van der Waals surface area contributed by atoms with Crippen LogP contribution in [0.4, 0.5) is 4.39 Å². The molecule has 2 nitrogen and oxygen atoms in total. The van der Waals surface area contributed by atoms with Gasteiger partial charge >= 0.3 is 0 Å². The first-order chi connectivity index (χ1) is 11.1. The van der Waals surface area contributed by atoms with Gasteiger partial charge in [-0.25, -0.2) is 4.39 Å². The molecule has 5 heteroatoms. The van der Waals surface area contributed by atoms with Gasteiger partial charge in [-0.15, -0.1) is 0 Å². The molecule has 1 aliphatic rings. The maximum absolute atomic E-state index is 13.2. The van der Waals surface area contributed by atoms with E-state index >= 15 is 0 Å². The first-order valence-electron chi connectivity index (χ1n) is 7.73. The highest BCUT2D eigenvalue weighted by molar-refractivity contribution is 6.31. The molecule has 0 N–H and O–H groups in total. The summed E-state index contributed by atoms with van der Waals surface area (Å²) in [5.41, 5.74) is 2.30. The third-order valence-corrected chi connectivity index (χ3v) is 4.68. The molecule has 0 atom stereocenters. The van der Waals surface area contributed by atoms with Gasteiger partial charge in [-0.2, -0.15) is 0 Å². The number of hydrogen-bond acceptors (Lipinski definition) is 2. The van der Waals surface area contributed by atoms with Gasteiger partial charge in [0.15, 0.2) is 0 Å². The van der Waals surface area contributed by atoms with Gasteiger partial charge in [0.2, 0.25) is 0 Å². The van der Waals surface area contributed by atoms with Crippen molar-refractivity contribution in [3.63, 3.8) is 0 Å². The Morgan fingerprint density at radius 2 is 1.43 bits per heavy atom. The van der Waals surface area contributed by atoms with Crippen molar-refractivity contribution in [1.29, 1.82) is 0 Å². The molecule has 2 aromatic rings. The second-order valence-electron chi connectivity index (χ2n) is 5.93. The van der Waals surface area contributed by atoms with Crippen molar-refractivity contribution in [1.82, 2.24) is 9.80 Å². The van der Waals surface area contributed by atoms with Gasteiger partial charge in [0.25, 0.3) is 0 Å². The molecule has 23 heavy (non-hydrogen) atoms. The van der Waals surface area contributed by atoms with Gasteiger partial charge in [-0.05, 0) is 35.4 Å². The van der Waals surface area contributed by atoms with Gasteiger partial charge < -0.3 is 0 Å². The van der Waals surface area contributed by atoms with Gasteiger partial charge in [-0.3, -0.25) is 9.80 Å². The van der Waals surface area contributed by atoms with Crippen LogP contribution >= 0.6 is 23.2 Å². The minimum absolute atomic E-state index is 0.196. The number of benzene rings is 2. The van der Waals surface area contributed by atoms with Crippen molar-refractivity contribution in [2.24, 2.45) is 0 Å². The normalized spacial score (nSPS) is 16.7. The summed E-state index contributed by atoms with van der Waals surface area (Å²) in [5.74, 6) is -0.359. The average Bonchev–Trinajstić information content (AvgIpc) is 2.53. The molecule has 3 rings (SSSR count). The summed E-state index contributed by atoms with van der Waals surface area (Å²) in [4.78, 5) is 4.80. The molecule has 122 valence electrons. The van der Waals surface area contributed by atoms with Crippen LogP contribution in [0.15, 0.2) is 42.5 Å². The molecule has 0 aliphatic carbocycles. The van der Waals surface area contributed by atoms with E-state index in [9.17, 15) is 4.39 Å². The highest BCUT2D eigenvalue weighted by atomic mass is 35.5. The van der Waals surface area contributed by atoms with Crippen molar-refractivity contribution in [3.05, 3.63) is 69.5 Å². The summed E-state index contributed by atoms with van der Waals surface area (Å²) >= 11 is 11.9. The Morgan fingerprint density at radius 3 is 2.00 bits per heavy atom. The van der Waals surface area contributed by atoms with Gasteiger partial charge in [0, 0.05) is 44.3 Å². The third-order valence-electron chi connectivity index (χ3n) is 4.15. The van der Waals surface area contributed by atoms with Crippen LogP contribution in [-0.4, -0.2) is 36.0 Å². The monoisotopic (exact) mass is 352 g/mol. The van der Waals surface area contributed by atoms with Crippen LogP contribution < -0.4 is 0 Å². The molecule has 0 radical (unpaired) electrons. The minimum atomic E-state index is -0.359. The fourth-order valence-electron chi connectivity index (χ4n) is 2.90. The number of hydrogen-bond donors (Lipinski definition) is 0. The highest BCUT2D eigenvalue weighted by Crippen LogP contribution is 2.18. The standard InChI is InChI=1S/C18H19Cl2FN2/c19-16-3-1-2-14(10-16)12-22-6-8-23(9-7-22)13-15-4-5-18(21)17(20)11-15/h1-5,10-11H,6-9,12-13H2. The van der Waals surface area contributed by atoms with Crippen molar-refractivity contribution in [2.45, 2.75) is 13.1 Å². The van der Waals surface area contributed by atoms with Crippen LogP contribution in [0.2, 0.25) is 10.0 Å². The Kier molecular flexibility index (Phi) is 5.54. The molecule has 0 aromatic heterocycles. The van der Waals surface area contributed by atoms with Crippen LogP contribution in [0, 0.1) is 5.82 Å². The molecule has 0 saturated carbocycles. The molecule has 1 aliphatic heterocycles. The Bertz CT molecular complexity index is 670. The molecule has 0 unspecified atom stereocenters. The number of rotatable bonds is 4. The Morgan fingerprint density at radius 1 is 0.826 bits per heavy atom. The van der Waals surface area contributed by atoms with E-state index in [1.807, 2.05) is 18.2 Å². The molecule has 0 spiro atoms. The lowest BCUT2D eigenvalue weighted by molar-refractivity contribution is 0.122. The maximum Gasteiger partial charge on any atom is 0.141 e. The van der Waals surface area contributed by atoms with Gasteiger partial charge in [0.05, 0.1) is 5.02 Å². The van der Waals surface area contributed by atoms with E-state index in [4.69, 9.17) is 23.2 Å². The van der Waals surface area contributed by atoms with Crippen molar-refractivity contribution >= 4 is 23.2 Å². The molecule has 1 fully saturated rings. The molecular weight excluding hydrogens is 334 g/mol. The summed E-state index contributed by atoms with van der Waals surface area (Å²) < 4.78 is 13.2.